The number of ketones is 1. The van der Waals surface area contributed by atoms with Crippen LogP contribution in [0.3, 0.4) is 0 Å². The minimum atomic E-state index is -0.371. The summed E-state index contributed by atoms with van der Waals surface area (Å²) in [5.74, 6) is 8.45. The third-order valence-electron chi connectivity index (χ3n) is 4.95. The lowest BCUT2D eigenvalue weighted by Crippen LogP contribution is -2.29. The third kappa shape index (κ3) is 8.20. The second-order valence-corrected chi connectivity index (χ2v) is 6.98. The molecule has 1 N–H and O–H groups in total. The molecule has 0 aliphatic heterocycles. The molecule has 0 aromatic heterocycles. The molecule has 2 aliphatic carbocycles. The number of alkyl carbamates (subject to hydrolysis) is 1. The van der Waals surface area contributed by atoms with Crippen LogP contribution in [-0.4, -0.2) is 51.5 Å². The maximum absolute atomic E-state index is 11.7. The van der Waals surface area contributed by atoms with Crippen LogP contribution in [0, 0.1) is 29.6 Å². The van der Waals surface area contributed by atoms with Crippen molar-refractivity contribution in [3.05, 3.63) is 0 Å². The fourth-order valence-corrected chi connectivity index (χ4v) is 3.48. The van der Waals surface area contributed by atoms with Gasteiger partial charge in [-0.2, -0.15) is 0 Å². The first-order valence-electron chi connectivity index (χ1n) is 9.69. The Labute approximate surface area is 156 Å². The van der Waals surface area contributed by atoms with Gasteiger partial charge in [-0.1, -0.05) is 0 Å². The van der Waals surface area contributed by atoms with Gasteiger partial charge in [-0.25, -0.2) is 4.79 Å². The Bertz CT molecular complexity index is 492. The van der Waals surface area contributed by atoms with Gasteiger partial charge in [-0.05, 0) is 43.9 Å². The summed E-state index contributed by atoms with van der Waals surface area (Å²) in [6.45, 7) is 4.49. The number of carbonyl (C=O) groups excluding carboxylic acids is 2. The highest BCUT2D eigenvalue weighted by atomic mass is 16.6. The van der Waals surface area contributed by atoms with Crippen molar-refractivity contribution in [3.8, 4) is 11.8 Å². The first-order chi connectivity index (χ1) is 12.7. The molecule has 1 unspecified atom stereocenters. The summed E-state index contributed by atoms with van der Waals surface area (Å²) in [5.41, 5.74) is 0. The molecular formula is C20H31NO5. The fourth-order valence-electron chi connectivity index (χ4n) is 3.48. The van der Waals surface area contributed by atoms with E-state index in [-0.39, 0.29) is 11.9 Å². The van der Waals surface area contributed by atoms with Crippen molar-refractivity contribution in [2.75, 3.05) is 39.6 Å². The first-order valence-corrected chi connectivity index (χ1v) is 9.69. The van der Waals surface area contributed by atoms with Crippen molar-refractivity contribution in [1.82, 2.24) is 5.32 Å². The third-order valence-corrected chi connectivity index (χ3v) is 4.95. The fraction of sp³-hybridized carbons (Fsp3) is 0.800. The van der Waals surface area contributed by atoms with Gasteiger partial charge in [0.25, 0.3) is 0 Å². The summed E-state index contributed by atoms with van der Waals surface area (Å²) < 4.78 is 16.1. The molecule has 6 heteroatoms. The second kappa shape index (κ2) is 11.9. The van der Waals surface area contributed by atoms with Crippen LogP contribution in [0.5, 0.6) is 0 Å². The average molecular weight is 365 g/mol. The second-order valence-electron chi connectivity index (χ2n) is 6.98. The number of ether oxygens (including phenoxy) is 3. The van der Waals surface area contributed by atoms with E-state index in [0.29, 0.717) is 63.8 Å². The number of amides is 1. The minimum absolute atomic E-state index is 0.184. The molecule has 0 spiro atoms. The summed E-state index contributed by atoms with van der Waals surface area (Å²) in [6.07, 6.45) is 5.16. The van der Waals surface area contributed by atoms with Gasteiger partial charge in [-0.3, -0.25) is 0 Å². The van der Waals surface area contributed by atoms with Crippen molar-refractivity contribution < 1.29 is 23.8 Å². The monoisotopic (exact) mass is 365 g/mol. The number of nitrogens with one attached hydrogen (secondary N) is 1. The molecule has 2 rings (SSSR count). The Balaban J connectivity index is 1.38. The van der Waals surface area contributed by atoms with Crippen LogP contribution in [0.2, 0.25) is 0 Å². The lowest BCUT2D eigenvalue weighted by Gasteiger charge is -2.08. The van der Waals surface area contributed by atoms with Gasteiger partial charge in [0, 0.05) is 32.4 Å². The number of hydrogen-bond acceptors (Lipinski definition) is 5. The number of fused-ring (bicyclic) bond motifs is 1. The van der Waals surface area contributed by atoms with Crippen LogP contribution in [0.25, 0.3) is 0 Å². The van der Waals surface area contributed by atoms with Crippen molar-refractivity contribution >= 4 is 11.9 Å². The molecule has 1 saturated carbocycles. The standard InChI is InChI=1S/C20H31NO5/c1-16(22)7-6-11-24-13-14-25-12-10-21-20(23)26-15-19-17-8-4-2-3-5-9-18(17)19/h17-19H,4-15H2,1H3,(H,21,23)/t17-,18+,19?. The molecule has 0 saturated heterocycles. The van der Waals surface area contributed by atoms with E-state index in [9.17, 15) is 9.59 Å². The van der Waals surface area contributed by atoms with E-state index >= 15 is 0 Å². The molecule has 1 fully saturated rings. The van der Waals surface area contributed by atoms with Gasteiger partial charge < -0.3 is 24.3 Å². The number of hydrogen-bond donors (Lipinski definition) is 1. The summed E-state index contributed by atoms with van der Waals surface area (Å²) >= 11 is 0. The van der Waals surface area contributed by atoms with Gasteiger partial charge in [0.15, 0.2) is 0 Å². The quantitative estimate of drug-likeness (QED) is 0.425. The number of Topliss-reactive ketones (excluding diaryl/α,β-unsaturated/α-hetero) is 1. The van der Waals surface area contributed by atoms with Crippen LogP contribution in [0.15, 0.2) is 0 Å². The van der Waals surface area contributed by atoms with Gasteiger partial charge in [0.05, 0.1) is 26.4 Å². The summed E-state index contributed by atoms with van der Waals surface area (Å²) in [4.78, 5) is 22.5. The summed E-state index contributed by atoms with van der Waals surface area (Å²) in [6, 6.07) is 0. The zero-order valence-corrected chi connectivity index (χ0v) is 15.8. The van der Waals surface area contributed by atoms with Crippen molar-refractivity contribution in [1.29, 1.82) is 0 Å². The minimum Gasteiger partial charge on any atom is -0.449 e. The van der Waals surface area contributed by atoms with E-state index in [4.69, 9.17) is 14.2 Å². The maximum atomic E-state index is 11.7. The highest BCUT2D eigenvalue weighted by Gasteiger charge is 2.49. The van der Waals surface area contributed by atoms with E-state index in [0.717, 1.165) is 32.1 Å². The Hall–Kier alpha value is -1.58. The molecular weight excluding hydrogens is 334 g/mol. The maximum Gasteiger partial charge on any atom is 0.407 e. The average Bonchev–Trinajstić information content (AvgIpc) is 3.23. The van der Waals surface area contributed by atoms with Crippen LogP contribution in [0.1, 0.15) is 45.4 Å². The molecule has 26 heavy (non-hydrogen) atoms. The highest BCUT2D eigenvalue weighted by Crippen LogP contribution is 2.52. The largest absolute Gasteiger partial charge is 0.449 e. The van der Waals surface area contributed by atoms with Crippen LogP contribution in [-0.2, 0) is 19.0 Å². The molecule has 0 radical (unpaired) electrons. The molecule has 0 aromatic carbocycles. The smallest absolute Gasteiger partial charge is 0.407 e. The molecule has 1 amide bonds. The lowest BCUT2D eigenvalue weighted by molar-refractivity contribution is -0.117. The van der Waals surface area contributed by atoms with E-state index in [2.05, 4.69) is 17.2 Å². The zero-order valence-electron chi connectivity index (χ0n) is 15.8. The van der Waals surface area contributed by atoms with Gasteiger partial charge in [0.1, 0.15) is 5.78 Å². The van der Waals surface area contributed by atoms with Crippen LogP contribution in [0.4, 0.5) is 4.79 Å². The van der Waals surface area contributed by atoms with Gasteiger partial charge in [-0.15, -0.1) is 11.8 Å². The predicted octanol–water partition coefficient (Wildman–Crippen LogP) is 2.55. The molecule has 146 valence electrons. The summed E-state index contributed by atoms with van der Waals surface area (Å²) in [5, 5.41) is 2.71. The number of carbonyl (C=O) groups is 2. The van der Waals surface area contributed by atoms with E-state index < -0.39 is 0 Å². The van der Waals surface area contributed by atoms with E-state index in [1.54, 1.807) is 6.92 Å². The molecule has 3 atom stereocenters. The Morgan fingerprint density at radius 2 is 1.65 bits per heavy atom. The zero-order chi connectivity index (χ0) is 18.6. The van der Waals surface area contributed by atoms with Crippen molar-refractivity contribution in [3.63, 3.8) is 0 Å². The normalized spacial score (nSPS) is 23.7. The van der Waals surface area contributed by atoms with Crippen molar-refractivity contribution in [2.45, 2.75) is 45.4 Å². The van der Waals surface area contributed by atoms with Crippen LogP contribution >= 0.6 is 0 Å². The number of rotatable bonds is 12. The Kier molecular flexibility index (Phi) is 9.51. The summed E-state index contributed by atoms with van der Waals surface area (Å²) in [7, 11) is 0. The Morgan fingerprint density at radius 1 is 1.00 bits per heavy atom. The SMILES string of the molecule is CC(=O)CCCOCCOCCNC(=O)OCC1[C@H]2CCC#CCC[C@@H]12. The van der Waals surface area contributed by atoms with Gasteiger partial charge >= 0.3 is 6.09 Å². The lowest BCUT2D eigenvalue weighted by atomic mass is 10.1. The highest BCUT2D eigenvalue weighted by molar-refractivity contribution is 5.75. The molecule has 6 nitrogen and oxygen atoms in total. The van der Waals surface area contributed by atoms with Gasteiger partial charge in [0.2, 0.25) is 0 Å². The first kappa shape index (κ1) is 20.7. The van der Waals surface area contributed by atoms with E-state index in [1.165, 1.54) is 0 Å². The molecule has 0 aromatic rings. The van der Waals surface area contributed by atoms with Crippen molar-refractivity contribution in [2.24, 2.45) is 17.8 Å². The Morgan fingerprint density at radius 3 is 2.31 bits per heavy atom. The molecule has 0 heterocycles. The predicted molar refractivity (Wildman–Crippen MR) is 97.6 cm³/mol. The van der Waals surface area contributed by atoms with E-state index in [1.807, 2.05) is 0 Å². The molecule has 0 bridgehead atoms. The van der Waals surface area contributed by atoms with Crippen LogP contribution < -0.4 is 5.32 Å². The molecule has 2 aliphatic rings. The topological polar surface area (TPSA) is 73.9 Å².